The monoisotopic (exact) mass is 352 g/mol. The van der Waals surface area contributed by atoms with Gasteiger partial charge in [-0.25, -0.2) is 8.42 Å². The predicted molar refractivity (Wildman–Crippen MR) is 92.9 cm³/mol. The third-order valence-corrected chi connectivity index (χ3v) is 6.21. The Morgan fingerprint density at radius 3 is 2.08 bits per heavy atom. The van der Waals surface area contributed by atoms with Crippen LogP contribution >= 0.6 is 0 Å². The number of hydrogen-bond acceptors (Lipinski definition) is 5. The molecule has 2 aliphatic heterocycles. The van der Waals surface area contributed by atoms with Crippen LogP contribution in [0.2, 0.25) is 0 Å². The van der Waals surface area contributed by atoms with Crippen molar-refractivity contribution in [3.8, 4) is 0 Å². The maximum absolute atomic E-state index is 13.2. The average molecular weight is 352 g/mol. The number of benzene rings is 1. The zero-order chi connectivity index (χ0) is 17.0. The van der Waals surface area contributed by atoms with Gasteiger partial charge in [-0.3, -0.25) is 0 Å². The molecule has 0 atom stereocenters. The number of sulfonamides is 1. The van der Waals surface area contributed by atoms with Crippen molar-refractivity contribution >= 4 is 14.9 Å². The van der Waals surface area contributed by atoms with Crippen LogP contribution in [0, 0.1) is 6.92 Å². The molecule has 132 valence electrons. The molecule has 0 aliphatic carbocycles. The summed E-state index contributed by atoms with van der Waals surface area (Å²) < 4.78 is 38.5. The molecule has 0 N–H and O–H groups in total. The Labute approximate surface area is 143 Å². The van der Waals surface area contributed by atoms with E-state index in [9.17, 15) is 8.42 Å². The van der Waals surface area contributed by atoms with Crippen molar-refractivity contribution in [2.24, 2.45) is 0 Å². The van der Waals surface area contributed by atoms with Crippen LogP contribution in [0.5, 0.6) is 0 Å². The molecular formula is C17H24N2O4S. The Hall–Kier alpha value is -1.41. The molecule has 2 saturated heterocycles. The minimum absolute atomic E-state index is 0.353. The molecule has 0 bridgehead atoms. The van der Waals surface area contributed by atoms with E-state index in [1.54, 1.807) is 6.20 Å². The van der Waals surface area contributed by atoms with Crippen molar-refractivity contribution in [2.45, 2.75) is 6.92 Å². The van der Waals surface area contributed by atoms with E-state index < -0.39 is 10.0 Å². The molecule has 7 heteroatoms. The number of rotatable bonds is 4. The van der Waals surface area contributed by atoms with Crippen LogP contribution in [0.1, 0.15) is 11.1 Å². The minimum atomic E-state index is -3.56. The van der Waals surface area contributed by atoms with E-state index in [1.807, 2.05) is 36.1 Å². The Morgan fingerprint density at radius 1 is 0.958 bits per heavy atom. The molecule has 2 heterocycles. The van der Waals surface area contributed by atoms with Gasteiger partial charge in [-0.15, -0.1) is 0 Å². The van der Waals surface area contributed by atoms with Crippen LogP contribution in [0.4, 0.5) is 0 Å². The molecule has 24 heavy (non-hydrogen) atoms. The van der Waals surface area contributed by atoms with Crippen LogP contribution < -0.4 is 0 Å². The predicted octanol–water partition coefficient (Wildman–Crippen LogP) is 1.29. The van der Waals surface area contributed by atoms with Gasteiger partial charge in [-0.05, 0) is 12.5 Å². The Balaban J connectivity index is 1.97. The summed E-state index contributed by atoms with van der Waals surface area (Å²) >= 11 is 0. The largest absolute Gasteiger partial charge is 0.379 e. The topological polar surface area (TPSA) is 59.1 Å². The second-order valence-electron chi connectivity index (χ2n) is 6.02. The lowest BCUT2D eigenvalue weighted by atomic mass is 10.1. The summed E-state index contributed by atoms with van der Waals surface area (Å²) in [7, 11) is -3.56. The zero-order valence-electron chi connectivity index (χ0n) is 14.0. The lowest BCUT2D eigenvalue weighted by Crippen LogP contribution is -2.41. The lowest BCUT2D eigenvalue weighted by molar-refractivity contribution is 0.0596. The van der Waals surface area contributed by atoms with Gasteiger partial charge in [0.15, 0.2) is 0 Å². The first-order valence-corrected chi connectivity index (χ1v) is 9.70. The van der Waals surface area contributed by atoms with E-state index in [4.69, 9.17) is 9.47 Å². The molecule has 6 nitrogen and oxygen atoms in total. The van der Waals surface area contributed by atoms with Crippen LogP contribution in [-0.2, 0) is 19.5 Å². The summed E-state index contributed by atoms with van der Waals surface area (Å²) in [4.78, 5) is 2.38. The average Bonchev–Trinajstić information content (AvgIpc) is 2.62. The van der Waals surface area contributed by atoms with Crippen LogP contribution in [-0.4, -0.2) is 70.2 Å². The van der Waals surface area contributed by atoms with Crippen LogP contribution in [0.25, 0.3) is 4.91 Å². The normalized spacial score (nSPS) is 21.0. The quantitative estimate of drug-likeness (QED) is 0.817. The Morgan fingerprint density at radius 2 is 1.50 bits per heavy atom. The van der Waals surface area contributed by atoms with E-state index in [2.05, 4.69) is 0 Å². The zero-order valence-corrected chi connectivity index (χ0v) is 14.8. The maximum atomic E-state index is 13.2. The van der Waals surface area contributed by atoms with Gasteiger partial charge in [0.2, 0.25) is 10.0 Å². The van der Waals surface area contributed by atoms with Gasteiger partial charge in [-0.1, -0.05) is 29.8 Å². The highest BCUT2D eigenvalue weighted by Crippen LogP contribution is 2.26. The van der Waals surface area contributed by atoms with Crippen molar-refractivity contribution in [1.82, 2.24) is 9.21 Å². The second kappa shape index (κ2) is 7.65. The molecule has 2 fully saturated rings. The summed E-state index contributed by atoms with van der Waals surface area (Å²) in [6.07, 6.45) is 1.78. The third kappa shape index (κ3) is 3.97. The standard InChI is InChI=1S/C17H24N2O4S/c1-15-2-4-16(5-3-15)17(14-18-6-10-22-11-7-18)24(20,21)19-8-12-23-13-9-19/h2-5,14H,6-13H2,1H3/b17-14-. The molecule has 0 amide bonds. The number of hydrogen-bond donors (Lipinski definition) is 0. The number of ether oxygens (including phenoxy) is 2. The van der Waals surface area contributed by atoms with Crippen molar-refractivity contribution in [3.63, 3.8) is 0 Å². The van der Waals surface area contributed by atoms with Gasteiger partial charge in [-0.2, -0.15) is 4.31 Å². The Kier molecular flexibility index (Phi) is 5.55. The first kappa shape index (κ1) is 17.4. The summed E-state index contributed by atoms with van der Waals surface area (Å²) in [6, 6.07) is 7.63. The highest BCUT2D eigenvalue weighted by atomic mass is 32.2. The summed E-state index contributed by atoms with van der Waals surface area (Å²) in [5.41, 5.74) is 1.83. The number of aryl methyl sites for hydroxylation is 1. The summed E-state index contributed by atoms with van der Waals surface area (Å²) in [6.45, 7) is 6.32. The molecule has 3 rings (SSSR count). The van der Waals surface area contributed by atoms with Gasteiger partial charge in [0.1, 0.15) is 4.91 Å². The Bertz CT molecular complexity index is 673. The van der Waals surface area contributed by atoms with E-state index >= 15 is 0 Å². The molecule has 0 radical (unpaired) electrons. The molecule has 0 saturated carbocycles. The minimum Gasteiger partial charge on any atom is -0.379 e. The van der Waals surface area contributed by atoms with Gasteiger partial charge >= 0.3 is 0 Å². The fourth-order valence-corrected chi connectivity index (χ4v) is 4.43. The van der Waals surface area contributed by atoms with Crippen molar-refractivity contribution in [1.29, 1.82) is 0 Å². The second-order valence-corrected chi connectivity index (χ2v) is 7.93. The first-order chi connectivity index (χ1) is 11.6. The highest BCUT2D eigenvalue weighted by molar-refractivity contribution is 7.98. The fourth-order valence-electron chi connectivity index (χ4n) is 2.81. The van der Waals surface area contributed by atoms with Crippen molar-refractivity contribution in [3.05, 3.63) is 41.6 Å². The number of morpholine rings is 2. The third-order valence-electron chi connectivity index (χ3n) is 4.27. The molecule has 0 spiro atoms. The van der Waals surface area contributed by atoms with Gasteiger partial charge in [0.05, 0.1) is 26.4 Å². The highest BCUT2D eigenvalue weighted by Gasteiger charge is 2.30. The van der Waals surface area contributed by atoms with E-state index in [0.717, 1.165) is 11.1 Å². The smallest absolute Gasteiger partial charge is 0.245 e. The molecule has 1 aromatic rings. The van der Waals surface area contributed by atoms with Crippen molar-refractivity contribution < 1.29 is 17.9 Å². The van der Waals surface area contributed by atoms with Gasteiger partial charge in [0.25, 0.3) is 0 Å². The maximum Gasteiger partial charge on any atom is 0.245 e. The fraction of sp³-hybridized carbons (Fsp3) is 0.529. The first-order valence-electron chi connectivity index (χ1n) is 8.26. The molecule has 0 aromatic heterocycles. The van der Waals surface area contributed by atoms with Gasteiger partial charge < -0.3 is 14.4 Å². The van der Waals surface area contributed by atoms with Crippen LogP contribution in [0.3, 0.4) is 0 Å². The summed E-state index contributed by atoms with van der Waals surface area (Å²) in [5, 5.41) is 0. The molecule has 0 unspecified atom stereocenters. The van der Waals surface area contributed by atoms with E-state index in [-0.39, 0.29) is 0 Å². The van der Waals surface area contributed by atoms with Crippen molar-refractivity contribution in [2.75, 3.05) is 52.6 Å². The molecular weight excluding hydrogens is 328 g/mol. The number of nitrogens with zero attached hydrogens (tertiary/aromatic N) is 2. The van der Waals surface area contributed by atoms with Crippen LogP contribution in [0.15, 0.2) is 30.5 Å². The SMILES string of the molecule is Cc1ccc(/C(=C/N2CCOCC2)S(=O)(=O)N2CCOCC2)cc1. The summed E-state index contributed by atoms with van der Waals surface area (Å²) in [5.74, 6) is 0. The van der Waals surface area contributed by atoms with Gasteiger partial charge in [0, 0.05) is 32.4 Å². The molecule has 1 aromatic carbocycles. The molecule has 2 aliphatic rings. The van der Waals surface area contributed by atoms with E-state index in [0.29, 0.717) is 57.5 Å². The van der Waals surface area contributed by atoms with E-state index in [1.165, 1.54) is 4.31 Å². The lowest BCUT2D eigenvalue weighted by Gasteiger charge is -2.30.